The van der Waals surface area contributed by atoms with Gasteiger partial charge in [-0.1, -0.05) is 13.8 Å². The molecule has 1 fully saturated rings. The van der Waals surface area contributed by atoms with Gasteiger partial charge >= 0.3 is 0 Å². The molecule has 3 heteroatoms. The maximum absolute atomic E-state index is 9.52. The van der Waals surface area contributed by atoms with E-state index in [-0.39, 0.29) is 12.1 Å². The van der Waals surface area contributed by atoms with Gasteiger partial charge in [-0.05, 0) is 45.2 Å². The molecule has 0 heterocycles. The van der Waals surface area contributed by atoms with Gasteiger partial charge in [0.25, 0.3) is 0 Å². The van der Waals surface area contributed by atoms with Crippen LogP contribution in [0.3, 0.4) is 0 Å². The fourth-order valence-corrected chi connectivity index (χ4v) is 2.05. The Labute approximate surface area is 100 Å². The Balaban J connectivity index is 2.37. The second-order valence-electron chi connectivity index (χ2n) is 5.42. The quantitative estimate of drug-likeness (QED) is 0.627. The van der Waals surface area contributed by atoms with Crippen molar-refractivity contribution >= 4 is 0 Å². The Kier molecular flexibility index (Phi) is 5.73. The summed E-state index contributed by atoms with van der Waals surface area (Å²) in [5.41, 5.74) is -0.138. The van der Waals surface area contributed by atoms with Gasteiger partial charge in [0.2, 0.25) is 0 Å². The van der Waals surface area contributed by atoms with Crippen molar-refractivity contribution in [2.24, 2.45) is 5.92 Å². The van der Waals surface area contributed by atoms with Crippen LogP contribution in [0.25, 0.3) is 0 Å². The Morgan fingerprint density at radius 3 is 2.50 bits per heavy atom. The zero-order valence-electron chi connectivity index (χ0n) is 11.1. The summed E-state index contributed by atoms with van der Waals surface area (Å²) in [6.07, 6.45) is 3.91. The van der Waals surface area contributed by atoms with Gasteiger partial charge in [0.15, 0.2) is 0 Å². The van der Waals surface area contributed by atoms with Gasteiger partial charge in [0.1, 0.15) is 0 Å². The third-order valence-corrected chi connectivity index (χ3v) is 3.38. The molecule has 1 aliphatic rings. The molecular weight excluding hydrogens is 200 g/mol. The van der Waals surface area contributed by atoms with Crippen molar-refractivity contribution in [3.63, 3.8) is 0 Å². The van der Waals surface area contributed by atoms with E-state index < -0.39 is 0 Å². The van der Waals surface area contributed by atoms with E-state index in [4.69, 9.17) is 0 Å². The van der Waals surface area contributed by atoms with Crippen LogP contribution in [0.15, 0.2) is 0 Å². The smallest absolute Gasteiger partial charge is 0.0623 e. The fraction of sp³-hybridized carbons (Fsp3) is 1.00. The highest BCUT2D eigenvalue weighted by molar-refractivity contribution is 4.87. The van der Waals surface area contributed by atoms with Gasteiger partial charge in [0, 0.05) is 13.1 Å². The molecule has 1 unspecified atom stereocenters. The number of hydrogen-bond donors (Lipinski definition) is 2. The Morgan fingerprint density at radius 1 is 1.38 bits per heavy atom. The van der Waals surface area contributed by atoms with Crippen molar-refractivity contribution in [2.75, 3.05) is 32.8 Å². The minimum absolute atomic E-state index is 0.138. The second-order valence-corrected chi connectivity index (χ2v) is 5.42. The molecule has 2 N–H and O–H groups in total. The van der Waals surface area contributed by atoms with Crippen molar-refractivity contribution in [2.45, 2.75) is 45.6 Å². The van der Waals surface area contributed by atoms with Crippen LogP contribution in [0.2, 0.25) is 0 Å². The number of aliphatic hydroxyl groups excluding tert-OH is 1. The Hall–Kier alpha value is -0.120. The van der Waals surface area contributed by atoms with Gasteiger partial charge < -0.3 is 15.3 Å². The van der Waals surface area contributed by atoms with Crippen molar-refractivity contribution in [1.82, 2.24) is 10.2 Å². The molecule has 1 saturated carbocycles. The molecule has 0 saturated heterocycles. The van der Waals surface area contributed by atoms with Crippen molar-refractivity contribution in [3.05, 3.63) is 0 Å². The summed E-state index contributed by atoms with van der Waals surface area (Å²) in [5, 5.41) is 13.0. The molecule has 0 aromatic heterocycles. The molecular formula is C13H28N2O. The van der Waals surface area contributed by atoms with Crippen LogP contribution in [-0.4, -0.2) is 48.3 Å². The maximum atomic E-state index is 9.52. The van der Waals surface area contributed by atoms with Crippen LogP contribution < -0.4 is 5.32 Å². The number of rotatable bonds is 9. The van der Waals surface area contributed by atoms with Gasteiger partial charge in [-0.25, -0.2) is 0 Å². The molecule has 0 aromatic carbocycles. The van der Waals surface area contributed by atoms with Crippen LogP contribution in [0, 0.1) is 5.92 Å². The summed E-state index contributed by atoms with van der Waals surface area (Å²) in [4.78, 5) is 2.47. The van der Waals surface area contributed by atoms with Crippen molar-refractivity contribution < 1.29 is 5.11 Å². The van der Waals surface area contributed by atoms with E-state index in [1.165, 1.54) is 19.4 Å². The van der Waals surface area contributed by atoms with Crippen molar-refractivity contribution in [1.29, 1.82) is 0 Å². The fourth-order valence-electron chi connectivity index (χ4n) is 2.05. The topological polar surface area (TPSA) is 35.5 Å². The molecule has 0 spiro atoms. The largest absolute Gasteiger partial charge is 0.394 e. The first-order chi connectivity index (χ1) is 7.63. The predicted octanol–water partition coefficient (Wildman–Crippen LogP) is 1.47. The van der Waals surface area contributed by atoms with Crippen LogP contribution >= 0.6 is 0 Å². The zero-order valence-corrected chi connectivity index (χ0v) is 11.1. The number of likely N-dealkylation sites (N-methyl/N-ethyl adjacent to an activating group) is 1. The second kappa shape index (κ2) is 6.58. The van der Waals surface area contributed by atoms with Crippen LogP contribution in [0.4, 0.5) is 0 Å². The SMILES string of the molecule is CCCNC(C)(CO)CN(CC)CC1CC1. The summed E-state index contributed by atoms with van der Waals surface area (Å²) in [6.45, 7) is 10.9. The summed E-state index contributed by atoms with van der Waals surface area (Å²) >= 11 is 0. The van der Waals surface area contributed by atoms with E-state index in [1.54, 1.807) is 0 Å². The Bertz CT molecular complexity index is 194. The van der Waals surface area contributed by atoms with E-state index in [9.17, 15) is 5.11 Å². The number of nitrogens with zero attached hydrogens (tertiary/aromatic N) is 1. The van der Waals surface area contributed by atoms with E-state index >= 15 is 0 Å². The first kappa shape index (κ1) is 13.9. The van der Waals surface area contributed by atoms with E-state index in [0.717, 1.165) is 32.0 Å². The van der Waals surface area contributed by atoms with Gasteiger partial charge in [0.05, 0.1) is 12.1 Å². The van der Waals surface area contributed by atoms with E-state index in [1.807, 2.05) is 0 Å². The highest BCUT2D eigenvalue weighted by Crippen LogP contribution is 2.29. The lowest BCUT2D eigenvalue weighted by atomic mass is 10.0. The van der Waals surface area contributed by atoms with Crippen LogP contribution in [0.5, 0.6) is 0 Å². The molecule has 16 heavy (non-hydrogen) atoms. The summed E-state index contributed by atoms with van der Waals surface area (Å²) in [6, 6.07) is 0. The van der Waals surface area contributed by atoms with Gasteiger partial charge in [-0.3, -0.25) is 0 Å². The number of nitrogens with one attached hydrogen (secondary N) is 1. The lowest BCUT2D eigenvalue weighted by Gasteiger charge is -2.34. The standard InChI is InChI=1S/C13H28N2O/c1-4-8-14-13(3,11-16)10-15(5-2)9-12-6-7-12/h12,14,16H,4-11H2,1-3H3. The molecule has 0 aromatic rings. The highest BCUT2D eigenvalue weighted by Gasteiger charge is 2.29. The Morgan fingerprint density at radius 2 is 2.06 bits per heavy atom. The zero-order chi connectivity index (χ0) is 12.0. The van der Waals surface area contributed by atoms with Crippen LogP contribution in [0.1, 0.15) is 40.0 Å². The van der Waals surface area contributed by atoms with E-state index in [0.29, 0.717) is 0 Å². The molecule has 3 nitrogen and oxygen atoms in total. The molecule has 1 rings (SSSR count). The minimum atomic E-state index is -0.138. The molecule has 1 atom stereocenters. The molecule has 0 radical (unpaired) electrons. The molecule has 1 aliphatic carbocycles. The highest BCUT2D eigenvalue weighted by atomic mass is 16.3. The maximum Gasteiger partial charge on any atom is 0.0623 e. The summed E-state index contributed by atoms with van der Waals surface area (Å²) in [5.74, 6) is 0.925. The average molecular weight is 228 g/mol. The average Bonchev–Trinajstić information content (AvgIpc) is 3.09. The summed E-state index contributed by atoms with van der Waals surface area (Å²) < 4.78 is 0. The number of aliphatic hydroxyl groups is 1. The lowest BCUT2D eigenvalue weighted by Crippen LogP contribution is -2.54. The summed E-state index contributed by atoms with van der Waals surface area (Å²) in [7, 11) is 0. The molecule has 96 valence electrons. The molecule has 0 aliphatic heterocycles. The van der Waals surface area contributed by atoms with Gasteiger partial charge in [-0.2, -0.15) is 0 Å². The van der Waals surface area contributed by atoms with Gasteiger partial charge in [-0.15, -0.1) is 0 Å². The third-order valence-electron chi connectivity index (χ3n) is 3.38. The number of hydrogen-bond acceptors (Lipinski definition) is 3. The first-order valence-electron chi connectivity index (χ1n) is 6.71. The predicted molar refractivity (Wildman–Crippen MR) is 68.6 cm³/mol. The van der Waals surface area contributed by atoms with Crippen LogP contribution in [-0.2, 0) is 0 Å². The van der Waals surface area contributed by atoms with E-state index in [2.05, 4.69) is 31.0 Å². The third kappa shape index (κ3) is 4.81. The monoisotopic (exact) mass is 228 g/mol. The minimum Gasteiger partial charge on any atom is -0.394 e. The normalized spacial score (nSPS) is 20.1. The first-order valence-corrected chi connectivity index (χ1v) is 6.71. The molecule has 0 amide bonds. The lowest BCUT2D eigenvalue weighted by molar-refractivity contribution is 0.120. The van der Waals surface area contributed by atoms with Crippen molar-refractivity contribution in [3.8, 4) is 0 Å². The molecule has 0 bridgehead atoms.